The maximum atomic E-state index is 12.0. The van der Waals surface area contributed by atoms with Crippen molar-refractivity contribution in [2.45, 2.75) is 19.1 Å². The van der Waals surface area contributed by atoms with E-state index < -0.39 is 0 Å². The Balaban J connectivity index is 1.91. The minimum Gasteiger partial charge on any atom is -0.489 e. The normalized spacial score (nSPS) is 11.8. The van der Waals surface area contributed by atoms with Crippen molar-refractivity contribution < 1.29 is 14.3 Å². The molecule has 0 aliphatic heterocycles. The van der Waals surface area contributed by atoms with Crippen molar-refractivity contribution in [3.8, 4) is 5.75 Å². The molecule has 0 saturated carbocycles. The zero-order chi connectivity index (χ0) is 17.4. The lowest BCUT2D eigenvalue weighted by Gasteiger charge is -2.13. The second kappa shape index (κ2) is 9.27. The predicted octanol–water partition coefficient (Wildman–Crippen LogP) is 3.22. The molecule has 5 nitrogen and oxygen atoms in total. The number of amides is 1. The van der Waals surface area contributed by atoms with Gasteiger partial charge in [0.25, 0.3) is 0 Å². The van der Waals surface area contributed by atoms with Gasteiger partial charge in [-0.2, -0.15) is 0 Å². The van der Waals surface area contributed by atoms with Crippen molar-refractivity contribution in [1.29, 1.82) is 0 Å². The first-order valence-electron chi connectivity index (χ1n) is 7.60. The Morgan fingerprint density at radius 3 is 2.67 bits per heavy atom. The number of nitrogens with two attached hydrogens (primary N) is 1. The third-order valence-corrected chi connectivity index (χ3v) is 3.70. The molecule has 128 valence electrons. The van der Waals surface area contributed by atoms with Crippen molar-refractivity contribution in [2.24, 2.45) is 5.73 Å². The van der Waals surface area contributed by atoms with E-state index >= 15 is 0 Å². The number of carbonyl (C=O) groups excluding carboxylic acids is 1. The Kier molecular flexibility index (Phi) is 7.06. The molecular weight excluding hydrogens is 328 g/mol. The molecule has 3 N–H and O–H groups in total. The summed E-state index contributed by atoms with van der Waals surface area (Å²) in [5.74, 6) is 0.520. The minimum absolute atomic E-state index is 0.151. The number of halogens is 1. The van der Waals surface area contributed by atoms with E-state index in [0.29, 0.717) is 29.6 Å². The summed E-state index contributed by atoms with van der Waals surface area (Å²) in [6, 6.07) is 14.7. The molecule has 0 fully saturated rings. The van der Waals surface area contributed by atoms with Crippen LogP contribution in [0, 0.1) is 0 Å². The molecule has 6 heteroatoms. The second-order valence-corrected chi connectivity index (χ2v) is 5.73. The Morgan fingerprint density at radius 1 is 1.25 bits per heavy atom. The molecule has 0 aromatic heterocycles. The largest absolute Gasteiger partial charge is 0.489 e. The fourth-order valence-electron chi connectivity index (χ4n) is 2.09. The number of anilines is 1. The molecule has 0 aliphatic rings. The summed E-state index contributed by atoms with van der Waals surface area (Å²) in [5.41, 5.74) is 7.20. The predicted molar refractivity (Wildman–Crippen MR) is 95.3 cm³/mol. The van der Waals surface area contributed by atoms with Gasteiger partial charge in [-0.25, -0.2) is 0 Å². The zero-order valence-corrected chi connectivity index (χ0v) is 14.3. The van der Waals surface area contributed by atoms with E-state index in [4.69, 9.17) is 26.8 Å². The molecule has 2 aromatic rings. The highest BCUT2D eigenvalue weighted by Gasteiger charge is 2.11. The van der Waals surface area contributed by atoms with Gasteiger partial charge in [-0.3, -0.25) is 4.79 Å². The summed E-state index contributed by atoms with van der Waals surface area (Å²) in [5, 5.41) is 3.51. The van der Waals surface area contributed by atoms with E-state index in [0.717, 1.165) is 5.56 Å². The Labute approximate surface area is 146 Å². The molecule has 0 radical (unpaired) electrons. The van der Waals surface area contributed by atoms with Crippen LogP contribution < -0.4 is 15.8 Å². The van der Waals surface area contributed by atoms with Crippen molar-refractivity contribution in [2.75, 3.05) is 19.0 Å². The summed E-state index contributed by atoms with van der Waals surface area (Å²) < 4.78 is 10.8. The van der Waals surface area contributed by atoms with E-state index in [-0.39, 0.29) is 18.4 Å². The summed E-state index contributed by atoms with van der Waals surface area (Å²) in [7, 11) is 1.54. The average Bonchev–Trinajstić information content (AvgIpc) is 2.59. The second-order valence-electron chi connectivity index (χ2n) is 5.29. The number of benzene rings is 2. The van der Waals surface area contributed by atoms with Crippen LogP contribution in [0.4, 0.5) is 5.69 Å². The molecule has 0 spiro atoms. The fourth-order valence-corrected chi connectivity index (χ4v) is 2.22. The van der Waals surface area contributed by atoms with Gasteiger partial charge in [-0.05, 0) is 29.8 Å². The van der Waals surface area contributed by atoms with Gasteiger partial charge >= 0.3 is 0 Å². The Morgan fingerprint density at radius 2 is 2.00 bits per heavy atom. The van der Waals surface area contributed by atoms with E-state index in [2.05, 4.69) is 5.32 Å². The standard InChI is InChI=1S/C18H21ClN2O3/c1-23-17(11-20)10-18(22)21-15-3-2-4-16(9-15)24-12-13-5-7-14(19)8-6-13/h2-9,17H,10-12,20H2,1H3,(H,21,22). The number of ether oxygens (including phenoxy) is 2. The average molecular weight is 349 g/mol. The number of carbonyl (C=O) groups is 1. The van der Waals surface area contributed by atoms with Gasteiger partial charge in [-0.15, -0.1) is 0 Å². The molecule has 24 heavy (non-hydrogen) atoms. The number of hydrogen-bond donors (Lipinski definition) is 2. The first kappa shape index (κ1) is 18.3. The smallest absolute Gasteiger partial charge is 0.227 e. The monoisotopic (exact) mass is 348 g/mol. The van der Waals surface area contributed by atoms with Crippen LogP contribution in [-0.2, 0) is 16.1 Å². The van der Waals surface area contributed by atoms with Crippen LogP contribution in [0.15, 0.2) is 48.5 Å². The van der Waals surface area contributed by atoms with E-state index in [1.165, 1.54) is 7.11 Å². The molecule has 0 saturated heterocycles. The topological polar surface area (TPSA) is 73.6 Å². The maximum absolute atomic E-state index is 12.0. The van der Waals surface area contributed by atoms with Crippen LogP contribution in [0.2, 0.25) is 5.02 Å². The molecule has 0 bridgehead atoms. The van der Waals surface area contributed by atoms with Crippen LogP contribution in [0.1, 0.15) is 12.0 Å². The quantitative estimate of drug-likeness (QED) is 0.768. The molecule has 1 amide bonds. The molecule has 2 rings (SSSR count). The SMILES string of the molecule is COC(CN)CC(=O)Nc1cccc(OCc2ccc(Cl)cc2)c1. The van der Waals surface area contributed by atoms with Gasteiger partial charge in [0.1, 0.15) is 12.4 Å². The molecule has 1 unspecified atom stereocenters. The highest BCUT2D eigenvalue weighted by atomic mass is 35.5. The fraction of sp³-hybridized carbons (Fsp3) is 0.278. The lowest BCUT2D eigenvalue weighted by Crippen LogP contribution is -2.28. The van der Waals surface area contributed by atoms with Gasteiger partial charge in [0.15, 0.2) is 0 Å². The lowest BCUT2D eigenvalue weighted by atomic mass is 10.2. The highest BCUT2D eigenvalue weighted by molar-refractivity contribution is 6.30. The Hall–Kier alpha value is -2.08. The van der Waals surface area contributed by atoms with Crippen molar-refractivity contribution in [3.63, 3.8) is 0 Å². The van der Waals surface area contributed by atoms with Crippen LogP contribution in [0.3, 0.4) is 0 Å². The summed E-state index contributed by atoms with van der Waals surface area (Å²) in [6.45, 7) is 0.724. The first-order valence-corrected chi connectivity index (χ1v) is 7.98. The van der Waals surface area contributed by atoms with Crippen LogP contribution in [0.25, 0.3) is 0 Å². The summed E-state index contributed by atoms with van der Waals surface area (Å²) >= 11 is 5.86. The van der Waals surface area contributed by atoms with Gasteiger partial charge in [-0.1, -0.05) is 29.8 Å². The van der Waals surface area contributed by atoms with Gasteiger partial charge in [0, 0.05) is 30.4 Å². The molecule has 0 aliphatic carbocycles. The zero-order valence-electron chi connectivity index (χ0n) is 13.5. The van der Waals surface area contributed by atoms with Crippen LogP contribution >= 0.6 is 11.6 Å². The summed E-state index contributed by atoms with van der Waals surface area (Å²) in [6.07, 6.45) is -0.0719. The van der Waals surface area contributed by atoms with E-state index in [1.807, 2.05) is 36.4 Å². The molecular formula is C18H21ClN2O3. The Bertz CT molecular complexity index is 658. The molecule has 2 aromatic carbocycles. The van der Waals surface area contributed by atoms with Crippen molar-refractivity contribution in [1.82, 2.24) is 0 Å². The summed E-state index contributed by atoms with van der Waals surface area (Å²) in [4.78, 5) is 12.0. The van der Waals surface area contributed by atoms with Gasteiger partial charge in [0.05, 0.1) is 12.5 Å². The number of methoxy groups -OCH3 is 1. The number of rotatable bonds is 8. The maximum Gasteiger partial charge on any atom is 0.227 e. The van der Waals surface area contributed by atoms with E-state index in [9.17, 15) is 4.79 Å². The lowest BCUT2D eigenvalue weighted by molar-refractivity contribution is -0.118. The first-order chi connectivity index (χ1) is 11.6. The number of nitrogens with one attached hydrogen (secondary N) is 1. The third kappa shape index (κ3) is 5.85. The van der Waals surface area contributed by atoms with Crippen LogP contribution in [-0.4, -0.2) is 25.7 Å². The minimum atomic E-state index is -0.283. The molecule has 1 atom stereocenters. The molecule has 0 heterocycles. The third-order valence-electron chi connectivity index (χ3n) is 3.45. The van der Waals surface area contributed by atoms with Crippen LogP contribution in [0.5, 0.6) is 5.75 Å². The van der Waals surface area contributed by atoms with Crippen molar-refractivity contribution in [3.05, 3.63) is 59.1 Å². The van der Waals surface area contributed by atoms with E-state index in [1.54, 1.807) is 12.1 Å². The highest BCUT2D eigenvalue weighted by Crippen LogP contribution is 2.19. The van der Waals surface area contributed by atoms with Crippen molar-refractivity contribution >= 4 is 23.2 Å². The van der Waals surface area contributed by atoms with Gasteiger partial charge in [0.2, 0.25) is 5.91 Å². The number of hydrogen-bond acceptors (Lipinski definition) is 4. The van der Waals surface area contributed by atoms with Gasteiger partial charge < -0.3 is 20.5 Å².